The number of amides is 1. The van der Waals surface area contributed by atoms with Gasteiger partial charge in [0.25, 0.3) is 0 Å². The second-order valence-corrected chi connectivity index (χ2v) is 5.33. The molecule has 1 fully saturated rings. The summed E-state index contributed by atoms with van der Waals surface area (Å²) in [6.07, 6.45) is 3.77. The van der Waals surface area contributed by atoms with E-state index in [1.807, 2.05) is 29.2 Å². The number of likely N-dealkylation sites (tertiary alicyclic amines) is 1. The summed E-state index contributed by atoms with van der Waals surface area (Å²) in [5.41, 5.74) is 7.65. The van der Waals surface area contributed by atoms with Crippen LogP contribution in [-0.2, 0) is 11.2 Å². The summed E-state index contributed by atoms with van der Waals surface area (Å²) in [4.78, 5) is 14.1. The molecular formula is C15H22N2O. The van der Waals surface area contributed by atoms with E-state index in [1.165, 1.54) is 6.42 Å². The quantitative estimate of drug-likeness (QED) is 0.833. The molecule has 98 valence electrons. The number of rotatable bonds is 3. The van der Waals surface area contributed by atoms with Crippen LogP contribution in [0.4, 0.5) is 5.69 Å². The number of piperidine rings is 1. The Hall–Kier alpha value is -1.51. The minimum absolute atomic E-state index is 0.281. The third-order valence-electron chi connectivity index (χ3n) is 3.59. The highest BCUT2D eigenvalue weighted by molar-refractivity contribution is 5.76. The lowest BCUT2D eigenvalue weighted by Crippen LogP contribution is -2.39. The fourth-order valence-electron chi connectivity index (χ4n) is 2.57. The van der Waals surface area contributed by atoms with Crippen LogP contribution in [0.1, 0.15) is 31.7 Å². The number of anilines is 1. The molecule has 0 saturated carbocycles. The Labute approximate surface area is 109 Å². The van der Waals surface area contributed by atoms with Gasteiger partial charge in [0.15, 0.2) is 0 Å². The molecule has 3 nitrogen and oxygen atoms in total. The van der Waals surface area contributed by atoms with E-state index in [1.54, 1.807) is 0 Å². The highest BCUT2D eigenvalue weighted by atomic mass is 16.2. The van der Waals surface area contributed by atoms with Gasteiger partial charge in [-0.05, 0) is 42.9 Å². The molecule has 0 bridgehead atoms. The van der Waals surface area contributed by atoms with Gasteiger partial charge in [-0.2, -0.15) is 0 Å². The summed E-state index contributed by atoms with van der Waals surface area (Å²) in [7, 11) is 0. The highest BCUT2D eigenvalue weighted by Crippen LogP contribution is 2.17. The normalized spacial score (nSPS) is 19.8. The number of hydrogen-bond donors (Lipinski definition) is 1. The minimum atomic E-state index is 0.281. The number of benzene rings is 1. The van der Waals surface area contributed by atoms with Crippen molar-refractivity contribution in [1.29, 1.82) is 0 Å². The molecule has 1 unspecified atom stereocenters. The SMILES string of the molecule is CC1CCCN(C(=O)CCc2cccc(N)c2)C1. The van der Waals surface area contributed by atoms with Crippen LogP contribution in [0.5, 0.6) is 0 Å². The highest BCUT2D eigenvalue weighted by Gasteiger charge is 2.20. The predicted molar refractivity (Wildman–Crippen MR) is 74.2 cm³/mol. The lowest BCUT2D eigenvalue weighted by atomic mass is 9.99. The number of nitrogens with zero attached hydrogens (tertiary/aromatic N) is 1. The van der Waals surface area contributed by atoms with Gasteiger partial charge in [-0.25, -0.2) is 0 Å². The Morgan fingerprint density at radius 3 is 3.06 bits per heavy atom. The summed E-state index contributed by atoms with van der Waals surface area (Å²) in [6, 6.07) is 7.80. The van der Waals surface area contributed by atoms with Crippen LogP contribution in [0.3, 0.4) is 0 Å². The molecule has 1 amide bonds. The van der Waals surface area contributed by atoms with E-state index >= 15 is 0 Å². The molecule has 1 atom stereocenters. The monoisotopic (exact) mass is 246 g/mol. The summed E-state index contributed by atoms with van der Waals surface area (Å²) in [6.45, 7) is 4.08. The molecule has 1 heterocycles. The van der Waals surface area contributed by atoms with Gasteiger partial charge < -0.3 is 10.6 Å². The van der Waals surface area contributed by atoms with Crippen molar-refractivity contribution in [2.24, 2.45) is 5.92 Å². The van der Waals surface area contributed by atoms with Crippen LogP contribution in [0.15, 0.2) is 24.3 Å². The second kappa shape index (κ2) is 5.89. The number of nitrogens with two attached hydrogens (primary N) is 1. The molecule has 1 aliphatic rings. The van der Waals surface area contributed by atoms with Crippen molar-refractivity contribution in [3.63, 3.8) is 0 Å². The molecule has 2 rings (SSSR count). The first-order valence-corrected chi connectivity index (χ1v) is 6.77. The summed E-state index contributed by atoms with van der Waals surface area (Å²) < 4.78 is 0. The molecule has 18 heavy (non-hydrogen) atoms. The summed E-state index contributed by atoms with van der Waals surface area (Å²) >= 11 is 0. The first-order chi connectivity index (χ1) is 8.65. The number of aryl methyl sites for hydroxylation is 1. The molecule has 0 spiro atoms. The Balaban J connectivity index is 1.84. The average Bonchev–Trinajstić information content (AvgIpc) is 2.36. The maximum Gasteiger partial charge on any atom is 0.222 e. The zero-order valence-corrected chi connectivity index (χ0v) is 11.1. The standard InChI is InChI=1S/C15H22N2O/c1-12-4-3-9-17(11-12)15(18)8-7-13-5-2-6-14(16)10-13/h2,5-6,10,12H,3-4,7-9,11,16H2,1H3. The van der Waals surface area contributed by atoms with Gasteiger partial charge in [0.2, 0.25) is 5.91 Å². The van der Waals surface area contributed by atoms with Gasteiger partial charge in [-0.1, -0.05) is 19.1 Å². The zero-order valence-electron chi connectivity index (χ0n) is 11.1. The van der Waals surface area contributed by atoms with Crippen LogP contribution in [0.25, 0.3) is 0 Å². The van der Waals surface area contributed by atoms with E-state index in [0.29, 0.717) is 12.3 Å². The van der Waals surface area contributed by atoms with Crippen molar-refractivity contribution in [1.82, 2.24) is 4.90 Å². The van der Waals surface area contributed by atoms with Crippen molar-refractivity contribution in [3.05, 3.63) is 29.8 Å². The zero-order chi connectivity index (χ0) is 13.0. The lowest BCUT2D eigenvalue weighted by molar-refractivity contribution is -0.132. The third kappa shape index (κ3) is 3.49. The topological polar surface area (TPSA) is 46.3 Å². The first kappa shape index (κ1) is 12.9. The van der Waals surface area contributed by atoms with Crippen LogP contribution in [0.2, 0.25) is 0 Å². The predicted octanol–water partition coefficient (Wildman–Crippen LogP) is 2.46. The molecule has 0 radical (unpaired) electrons. The van der Waals surface area contributed by atoms with E-state index in [0.717, 1.165) is 37.2 Å². The van der Waals surface area contributed by atoms with Crippen LogP contribution >= 0.6 is 0 Å². The first-order valence-electron chi connectivity index (χ1n) is 6.77. The maximum absolute atomic E-state index is 12.1. The Morgan fingerprint density at radius 1 is 1.50 bits per heavy atom. The van der Waals surface area contributed by atoms with Gasteiger partial charge in [-0.15, -0.1) is 0 Å². The molecule has 1 aliphatic heterocycles. The Bertz CT molecular complexity index is 417. The van der Waals surface area contributed by atoms with Crippen LogP contribution in [-0.4, -0.2) is 23.9 Å². The molecule has 1 saturated heterocycles. The molecule has 0 aliphatic carbocycles. The molecule has 3 heteroatoms. The van der Waals surface area contributed by atoms with Gasteiger partial charge in [0, 0.05) is 25.2 Å². The number of carbonyl (C=O) groups excluding carboxylic acids is 1. The van der Waals surface area contributed by atoms with E-state index in [9.17, 15) is 4.79 Å². The van der Waals surface area contributed by atoms with Crippen molar-refractivity contribution in [2.75, 3.05) is 18.8 Å². The fourth-order valence-corrected chi connectivity index (χ4v) is 2.57. The van der Waals surface area contributed by atoms with Crippen molar-refractivity contribution in [3.8, 4) is 0 Å². The van der Waals surface area contributed by atoms with E-state index in [4.69, 9.17) is 5.73 Å². The fraction of sp³-hybridized carbons (Fsp3) is 0.533. The Morgan fingerprint density at radius 2 is 2.33 bits per heavy atom. The summed E-state index contributed by atoms with van der Waals surface area (Å²) in [5.74, 6) is 0.930. The smallest absolute Gasteiger partial charge is 0.222 e. The van der Waals surface area contributed by atoms with Crippen LogP contribution in [0, 0.1) is 5.92 Å². The van der Waals surface area contributed by atoms with Crippen LogP contribution < -0.4 is 5.73 Å². The van der Waals surface area contributed by atoms with Gasteiger partial charge in [-0.3, -0.25) is 4.79 Å². The van der Waals surface area contributed by atoms with Crippen molar-refractivity contribution in [2.45, 2.75) is 32.6 Å². The van der Waals surface area contributed by atoms with Gasteiger partial charge >= 0.3 is 0 Å². The number of carbonyl (C=O) groups is 1. The van der Waals surface area contributed by atoms with E-state index < -0.39 is 0 Å². The minimum Gasteiger partial charge on any atom is -0.399 e. The average molecular weight is 246 g/mol. The molecule has 1 aromatic carbocycles. The number of nitrogen functional groups attached to an aromatic ring is 1. The molecule has 1 aromatic rings. The lowest BCUT2D eigenvalue weighted by Gasteiger charge is -2.31. The second-order valence-electron chi connectivity index (χ2n) is 5.33. The van der Waals surface area contributed by atoms with Crippen molar-refractivity contribution < 1.29 is 4.79 Å². The maximum atomic E-state index is 12.1. The van der Waals surface area contributed by atoms with Gasteiger partial charge in [0.1, 0.15) is 0 Å². The summed E-state index contributed by atoms with van der Waals surface area (Å²) in [5, 5.41) is 0. The third-order valence-corrected chi connectivity index (χ3v) is 3.59. The molecule has 0 aromatic heterocycles. The molecular weight excluding hydrogens is 224 g/mol. The largest absolute Gasteiger partial charge is 0.399 e. The van der Waals surface area contributed by atoms with E-state index in [2.05, 4.69) is 6.92 Å². The number of hydrogen-bond acceptors (Lipinski definition) is 2. The molecule has 2 N–H and O–H groups in total. The van der Waals surface area contributed by atoms with E-state index in [-0.39, 0.29) is 5.91 Å². The Kier molecular flexibility index (Phi) is 4.24. The van der Waals surface area contributed by atoms with Crippen molar-refractivity contribution >= 4 is 11.6 Å². The van der Waals surface area contributed by atoms with Gasteiger partial charge in [0.05, 0.1) is 0 Å².